The van der Waals surface area contributed by atoms with Crippen LogP contribution in [0, 0.1) is 22.7 Å². The molecule has 6 rings (SSSR count). The highest BCUT2D eigenvalue weighted by atomic mass is 32.2. The normalized spacial score (nSPS) is 16.9. The summed E-state index contributed by atoms with van der Waals surface area (Å²) in [5.41, 5.74) is -1.38. The molecule has 1 aromatic heterocycles. The smallest absolute Gasteiger partial charge is 0.318 e. The summed E-state index contributed by atoms with van der Waals surface area (Å²) in [5, 5.41) is 22.0. The molecule has 1 N–H and O–H groups in total. The molecule has 4 aromatic rings. The van der Waals surface area contributed by atoms with Crippen molar-refractivity contribution in [2.45, 2.75) is 17.4 Å². The lowest BCUT2D eigenvalue weighted by molar-refractivity contribution is -0.121. The third-order valence-corrected chi connectivity index (χ3v) is 10.5. The summed E-state index contributed by atoms with van der Waals surface area (Å²) in [4.78, 5) is 37.0. The molecular formula is C36H33N7O7S. The van der Waals surface area contributed by atoms with Gasteiger partial charge >= 0.3 is 6.03 Å². The first-order valence-corrected chi connectivity index (χ1v) is 17.3. The number of hydrogen-bond acceptors (Lipinski definition) is 11. The first kappa shape index (κ1) is 34.5. The van der Waals surface area contributed by atoms with E-state index in [4.69, 9.17) is 19.5 Å². The average molecular weight is 708 g/mol. The summed E-state index contributed by atoms with van der Waals surface area (Å²) >= 11 is 0. The van der Waals surface area contributed by atoms with Crippen molar-refractivity contribution < 1.29 is 32.2 Å². The number of anilines is 2. The van der Waals surface area contributed by atoms with Crippen LogP contribution in [0.2, 0.25) is 0 Å². The van der Waals surface area contributed by atoms with E-state index in [1.807, 2.05) is 11.0 Å². The van der Waals surface area contributed by atoms with E-state index in [9.17, 15) is 18.5 Å². The van der Waals surface area contributed by atoms with Crippen molar-refractivity contribution in [1.29, 1.82) is 10.5 Å². The molecule has 3 heterocycles. The van der Waals surface area contributed by atoms with E-state index in [1.54, 1.807) is 43.3 Å². The number of fused-ring (bicyclic) bond motifs is 1. The van der Waals surface area contributed by atoms with Gasteiger partial charge in [-0.1, -0.05) is 18.2 Å². The largest absolute Gasteiger partial charge is 0.497 e. The Morgan fingerprint density at radius 1 is 0.902 bits per heavy atom. The van der Waals surface area contributed by atoms with Crippen LogP contribution in [0.3, 0.4) is 0 Å². The Labute approximate surface area is 295 Å². The Balaban J connectivity index is 1.46. The molecule has 2 aliphatic heterocycles. The number of urea groups is 1. The van der Waals surface area contributed by atoms with E-state index in [-0.39, 0.29) is 58.5 Å². The van der Waals surface area contributed by atoms with E-state index < -0.39 is 27.5 Å². The molecule has 1 atom stereocenters. The number of aromatic nitrogens is 1. The monoisotopic (exact) mass is 707 g/mol. The summed E-state index contributed by atoms with van der Waals surface area (Å²) < 4.78 is 46.5. The minimum absolute atomic E-state index is 0.0554. The summed E-state index contributed by atoms with van der Waals surface area (Å²) in [6.07, 6.45) is 1.48. The lowest BCUT2D eigenvalue weighted by atomic mass is 9.82. The molecule has 0 bridgehead atoms. The second-order valence-corrected chi connectivity index (χ2v) is 13.3. The Morgan fingerprint density at radius 3 is 2.27 bits per heavy atom. The number of benzene rings is 3. The van der Waals surface area contributed by atoms with E-state index >= 15 is 4.79 Å². The van der Waals surface area contributed by atoms with Crippen molar-refractivity contribution in [2.24, 2.45) is 0 Å². The van der Waals surface area contributed by atoms with Gasteiger partial charge in [-0.25, -0.2) is 18.2 Å². The second-order valence-electron chi connectivity index (χ2n) is 11.5. The van der Waals surface area contributed by atoms with Crippen LogP contribution in [-0.2, 0) is 20.4 Å². The second kappa shape index (κ2) is 13.9. The van der Waals surface area contributed by atoms with Gasteiger partial charge in [0, 0.05) is 49.6 Å². The molecule has 0 saturated carbocycles. The first-order chi connectivity index (χ1) is 24.6. The molecule has 14 nitrogen and oxygen atoms in total. The van der Waals surface area contributed by atoms with Gasteiger partial charge in [0.25, 0.3) is 15.9 Å². The van der Waals surface area contributed by atoms with Gasteiger partial charge in [0.1, 0.15) is 34.0 Å². The lowest BCUT2D eigenvalue weighted by Gasteiger charge is -2.38. The maximum atomic E-state index is 15.2. The van der Waals surface area contributed by atoms with Crippen LogP contribution in [0.1, 0.15) is 29.2 Å². The van der Waals surface area contributed by atoms with Crippen LogP contribution >= 0.6 is 0 Å². The average Bonchev–Trinajstić information content (AvgIpc) is 3.42. The number of nitriles is 2. The molecule has 3 amide bonds. The van der Waals surface area contributed by atoms with E-state index in [1.165, 1.54) is 61.7 Å². The molecule has 0 aliphatic carbocycles. The van der Waals surface area contributed by atoms with E-state index in [2.05, 4.69) is 16.4 Å². The number of rotatable bonds is 9. The topological polar surface area (TPSA) is 178 Å². The third-order valence-electron chi connectivity index (χ3n) is 8.80. The van der Waals surface area contributed by atoms with Crippen LogP contribution in [-0.4, -0.2) is 77.2 Å². The summed E-state index contributed by atoms with van der Waals surface area (Å²) in [6, 6.07) is 21.7. The first-order valence-electron chi connectivity index (χ1n) is 15.9. The van der Waals surface area contributed by atoms with Crippen LogP contribution < -0.4 is 28.7 Å². The van der Waals surface area contributed by atoms with Crippen molar-refractivity contribution in [1.82, 2.24) is 15.2 Å². The number of para-hydroxylation sites is 1. The van der Waals surface area contributed by atoms with Crippen molar-refractivity contribution in [3.8, 4) is 29.4 Å². The summed E-state index contributed by atoms with van der Waals surface area (Å²) in [7, 11) is -1.99. The van der Waals surface area contributed by atoms with Crippen LogP contribution in [0.5, 0.6) is 17.2 Å². The quantitative estimate of drug-likeness (QED) is 0.268. The number of carbonyl (C=O) groups excluding carboxylic acids is 2. The number of carbonyl (C=O) groups is 2. The molecular weight excluding hydrogens is 675 g/mol. The number of ether oxygens (including phenoxy) is 3. The van der Waals surface area contributed by atoms with Crippen molar-refractivity contribution >= 4 is 33.5 Å². The molecule has 1 unspecified atom stereocenters. The maximum Gasteiger partial charge on any atom is 0.318 e. The number of sulfonamides is 1. The SMILES string of the molecule is CCOc1ccccc1C1(NC(=O)N2CCN(c3ccc(C#N)cn3)CC2)C(=O)N(S(=O)(=O)c2ccc(OC)cc2OC)c2ccc(C#N)cc21. The number of methoxy groups -OCH3 is 2. The zero-order valence-corrected chi connectivity index (χ0v) is 28.8. The van der Waals surface area contributed by atoms with Gasteiger partial charge < -0.3 is 29.3 Å². The Kier molecular flexibility index (Phi) is 9.41. The standard InChI is InChI=1S/C36H33N7O7S/c1-4-50-30-8-6-5-7-27(30)36(40-35(45)42-17-15-41(16-18-42)33-14-10-25(22-38)23-39-33)28-19-24(21-37)9-12-29(28)43(34(36)44)51(46,47)32-13-11-26(48-2)20-31(32)49-3/h5-14,19-20,23H,4,15-18H2,1-3H3,(H,40,45). The lowest BCUT2D eigenvalue weighted by Crippen LogP contribution is -2.60. The molecule has 1 fully saturated rings. The summed E-state index contributed by atoms with van der Waals surface area (Å²) in [5.74, 6) is 0.143. The van der Waals surface area contributed by atoms with E-state index in [0.29, 0.717) is 34.5 Å². The molecule has 0 spiro atoms. The van der Waals surface area contributed by atoms with Gasteiger partial charge in [0.15, 0.2) is 5.54 Å². The van der Waals surface area contributed by atoms with Crippen molar-refractivity contribution in [3.05, 3.63) is 101 Å². The highest BCUT2D eigenvalue weighted by molar-refractivity contribution is 7.93. The Bertz CT molecular complexity index is 2190. The molecule has 15 heteroatoms. The third kappa shape index (κ3) is 5.98. The van der Waals surface area contributed by atoms with Gasteiger partial charge in [-0.05, 0) is 55.5 Å². The molecule has 51 heavy (non-hydrogen) atoms. The zero-order chi connectivity index (χ0) is 36.3. The Morgan fingerprint density at radius 2 is 1.63 bits per heavy atom. The fraction of sp³-hybridized carbons (Fsp3) is 0.250. The highest BCUT2D eigenvalue weighted by Crippen LogP contribution is 2.50. The minimum Gasteiger partial charge on any atom is -0.497 e. The fourth-order valence-electron chi connectivity index (χ4n) is 6.31. The highest BCUT2D eigenvalue weighted by Gasteiger charge is 2.59. The molecule has 0 radical (unpaired) electrons. The number of piperazine rings is 1. The van der Waals surface area contributed by atoms with Crippen LogP contribution in [0.25, 0.3) is 0 Å². The van der Waals surface area contributed by atoms with Crippen molar-refractivity contribution in [2.75, 3.05) is 56.2 Å². The number of nitrogens with one attached hydrogen (secondary N) is 1. The van der Waals surface area contributed by atoms with Crippen molar-refractivity contribution in [3.63, 3.8) is 0 Å². The summed E-state index contributed by atoms with van der Waals surface area (Å²) in [6.45, 7) is 3.24. The van der Waals surface area contributed by atoms with Gasteiger partial charge in [-0.3, -0.25) is 4.79 Å². The minimum atomic E-state index is -4.72. The number of amides is 3. The Hall–Kier alpha value is -6.32. The number of nitrogens with zero attached hydrogens (tertiary/aromatic N) is 6. The molecule has 2 aliphatic rings. The van der Waals surface area contributed by atoms with Gasteiger partial charge in [-0.2, -0.15) is 14.8 Å². The number of hydrogen-bond donors (Lipinski definition) is 1. The van der Waals surface area contributed by atoms with Gasteiger partial charge in [0.2, 0.25) is 0 Å². The van der Waals surface area contributed by atoms with Crippen LogP contribution in [0.15, 0.2) is 83.9 Å². The molecule has 1 saturated heterocycles. The van der Waals surface area contributed by atoms with E-state index in [0.717, 1.165) is 0 Å². The zero-order valence-electron chi connectivity index (χ0n) is 28.0. The number of pyridine rings is 1. The predicted octanol–water partition coefficient (Wildman–Crippen LogP) is 3.75. The van der Waals surface area contributed by atoms with Gasteiger partial charge in [-0.15, -0.1) is 0 Å². The van der Waals surface area contributed by atoms with Gasteiger partial charge in [0.05, 0.1) is 43.7 Å². The molecule has 260 valence electrons. The maximum absolute atomic E-state index is 15.2. The van der Waals surface area contributed by atoms with Crippen LogP contribution in [0.4, 0.5) is 16.3 Å². The molecule has 3 aromatic carbocycles. The fourth-order valence-corrected chi connectivity index (χ4v) is 7.92. The predicted molar refractivity (Wildman–Crippen MR) is 185 cm³/mol.